The Kier molecular flexibility index (Phi) is 6.59. The van der Waals surface area contributed by atoms with E-state index in [9.17, 15) is 4.79 Å². The lowest BCUT2D eigenvalue weighted by atomic mass is 10.1. The van der Waals surface area contributed by atoms with Gasteiger partial charge in [0.1, 0.15) is 0 Å². The highest BCUT2D eigenvalue weighted by Crippen LogP contribution is 2.11. The van der Waals surface area contributed by atoms with E-state index in [-0.39, 0.29) is 0 Å². The minimum Gasteiger partial charge on any atom is -0.345 e. The van der Waals surface area contributed by atoms with E-state index < -0.39 is 0 Å². The summed E-state index contributed by atoms with van der Waals surface area (Å²) in [6.07, 6.45) is 1.98. The summed E-state index contributed by atoms with van der Waals surface area (Å²) in [5, 5.41) is 0. The number of carbonyl (C=O) groups excluding carboxylic acids is 1. The molecule has 1 aliphatic rings. The summed E-state index contributed by atoms with van der Waals surface area (Å²) in [6.45, 7) is 8.97. The fourth-order valence-electron chi connectivity index (χ4n) is 1.15. The van der Waals surface area contributed by atoms with Crippen molar-refractivity contribution < 1.29 is 4.79 Å². The molecule has 0 radical (unpaired) electrons. The molecule has 1 saturated heterocycles. The molecule has 3 heteroatoms. The molecule has 0 saturated carbocycles. The van der Waals surface area contributed by atoms with Crippen LogP contribution in [0.1, 0.15) is 27.2 Å². The molecule has 1 rings (SSSR count). The van der Waals surface area contributed by atoms with Crippen LogP contribution in [-0.4, -0.2) is 30.9 Å². The van der Waals surface area contributed by atoms with E-state index in [2.05, 4.69) is 20.8 Å². The first-order chi connectivity index (χ1) is 6.10. The molecule has 1 unspecified atom stereocenters. The molecule has 1 aliphatic heterocycles. The minimum atomic E-state index is 0.551. The maximum Gasteiger partial charge on any atom is 0.209 e. The molecule has 78 valence electrons. The van der Waals surface area contributed by atoms with Gasteiger partial charge in [-0.2, -0.15) is 0 Å². The van der Waals surface area contributed by atoms with Crippen molar-refractivity contribution in [1.82, 2.24) is 4.90 Å². The third kappa shape index (κ3) is 6.58. The highest BCUT2D eigenvalue weighted by Gasteiger charge is 2.18. The number of nitrogens with two attached hydrogens (primary N) is 1. The Labute approximate surface area is 81.3 Å². The van der Waals surface area contributed by atoms with Crippen LogP contribution >= 0.6 is 0 Å². The van der Waals surface area contributed by atoms with Gasteiger partial charge in [0.05, 0.1) is 0 Å². The van der Waals surface area contributed by atoms with Crippen molar-refractivity contribution in [3.05, 3.63) is 0 Å². The van der Waals surface area contributed by atoms with Crippen LogP contribution in [-0.2, 0) is 4.79 Å². The van der Waals surface area contributed by atoms with Crippen molar-refractivity contribution >= 4 is 6.41 Å². The number of hydrogen-bond acceptors (Lipinski definition) is 2. The third-order valence-corrected chi connectivity index (χ3v) is 1.80. The van der Waals surface area contributed by atoms with Crippen LogP contribution < -0.4 is 5.73 Å². The largest absolute Gasteiger partial charge is 0.345 e. The average molecular weight is 186 g/mol. The molecule has 13 heavy (non-hydrogen) atoms. The molecule has 0 spiro atoms. The highest BCUT2D eigenvalue weighted by molar-refractivity contribution is 5.47. The van der Waals surface area contributed by atoms with Crippen LogP contribution in [0.2, 0.25) is 0 Å². The normalized spacial score (nSPS) is 21.3. The smallest absolute Gasteiger partial charge is 0.209 e. The second-order valence-electron chi connectivity index (χ2n) is 4.22. The average Bonchev–Trinajstić information content (AvgIpc) is 2.50. The minimum absolute atomic E-state index is 0.551. The second-order valence-corrected chi connectivity index (χ2v) is 4.22. The summed E-state index contributed by atoms with van der Waals surface area (Å²) >= 11 is 0. The molecule has 1 heterocycles. The molecule has 0 aliphatic carbocycles. The van der Waals surface area contributed by atoms with Gasteiger partial charge < -0.3 is 10.6 Å². The Morgan fingerprint density at radius 1 is 1.54 bits per heavy atom. The van der Waals surface area contributed by atoms with Gasteiger partial charge in [-0.1, -0.05) is 20.8 Å². The van der Waals surface area contributed by atoms with E-state index in [4.69, 9.17) is 5.73 Å². The maximum atomic E-state index is 10.2. The molecule has 2 N–H and O–H groups in total. The fourth-order valence-corrected chi connectivity index (χ4v) is 1.15. The summed E-state index contributed by atoms with van der Waals surface area (Å²) < 4.78 is 0. The Morgan fingerprint density at radius 3 is 2.31 bits per heavy atom. The van der Waals surface area contributed by atoms with Crippen molar-refractivity contribution in [2.75, 3.05) is 19.6 Å². The number of nitrogens with zero attached hydrogens (tertiary/aromatic N) is 1. The number of likely N-dealkylation sites (tertiary alicyclic amines) is 1. The van der Waals surface area contributed by atoms with Crippen molar-refractivity contribution in [1.29, 1.82) is 0 Å². The van der Waals surface area contributed by atoms with Gasteiger partial charge in [0.2, 0.25) is 6.41 Å². The van der Waals surface area contributed by atoms with Crippen LogP contribution in [0.5, 0.6) is 0 Å². The highest BCUT2D eigenvalue weighted by atomic mass is 16.1. The van der Waals surface area contributed by atoms with Gasteiger partial charge in [-0.15, -0.1) is 0 Å². The quantitative estimate of drug-likeness (QED) is 0.656. The predicted octanol–water partition coefficient (Wildman–Crippen LogP) is 1.09. The molecular formula is C10H22N2O. The Bertz CT molecular complexity index is 134. The first-order valence-electron chi connectivity index (χ1n) is 4.99. The summed E-state index contributed by atoms with van der Waals surface area (Å²) in [5.41, 5.74) is 5.41. The molecular weight excluding hydrogens is 164 g/mol. The van der Waals surface area contributed by atoms with Crippen molar-refractivity contribution in [2.45, 2.75) is 27.2 Å². The zero-order chi connectivity index (χ0) is 10.3. The first-order valence-corrected chi connectivity index (χ1v) is 4.99. The molecule has 3 nitrogen and oxygen atoms in total. The molecule has 0 bridgehead atoms. The zero-order valence-corrected chi connectivity index (χ0v) is 8.99. The van der Waals surface area contributed by atoms with Crippen LogP contribution in [0.4, 0.5) is 0 Å². The standard InChI is InChI=1S/C6H12N2O.C4H10/c7-3-6-1-2-8(4-6)5-9;1-4(2)3/h5-6H,1-4,7H2;4H,1-3H3. The van der Waals surface area contributed by atoms with Gasteiger partial charge in [-0.25, -0.2) is 0 Å². The number of hydrogen-bond donors (Lipinski definition) is 1. The van der Waals surface area contributed by atoms with E-state index in [1.54, 1.807) is 4.90 Å². The van der Waals surface area contributed by atoms with Crippen molar-refractivity contribution in [2.24, 2.45) is 17.6 Å². The SMILES string of the molecule is CC(C)C.NCC1CCN(C=O)C1. The summed E-state index contributed by atoms with van der Waals surface area (Å²) in [4.78, 5) is 11.9. The molecule has 0 aromatic carbocycles. The number of amides is 1. The van der Waals surface area contributed by atoms with Crippen LogP contribution in [0.15, 0.2) is 0 Å². The van der Waals surface area contributed by atoms with Crippen LogP contribution in [0.25, 0.3) is 0 Å². The predicted molar refractivity (Wildman–Crippen MR) is 55.3 cm³/mol. The summed E-state index contributed by atoms with van der Waals surface area (Å²) in [6, 6.07) is 0. The molecule has 1 atom stereocenters. The van der Waals surface area contributed by atoms with E-state index in [1.165, 1.54) is 0 Å². The molecule has 0 aromatic heterocycles. The second kappa shape index (κ2) is 6.89. The van der Waals surface area contributed by atoms with E-state index in [0.29, 0.717) is 12.5 Å². The van der Waals surface area contributed by atoms with Gasteiger partial charge in [0.25, 0.3) is 0 Å². The summed E-state index contributed by atoms with van der Waals surface area (Å²) in [7, 11) is 0. The van der Waals surface area contributed by atoms with E-state index >= 15 is 0 Å². The van der Waals surface area contributed by atoms with Gasteiger partial charge >= 0.3 is 0 Å². The first kappa shape index (κ1) is 12.4. The Morgan fingerprint density at radius 2 is 2.08 bits per heavy atom. The van der Waals surface area contributed by atoms with Crippen LogP contribution in [0, 0.1) is 11.8 Å². The maximum absolute atomic E-state index is 10.2. The van der Waals surface area contributed by atoms with Crippen LogP contribution in [0.3, 0.4) is 0 Å². The lowest BCUT2D eigenvalue weighted by molar-refractivity contribution is -0.117. The lowest BCUT2D eigenvalue weighted by Gasteiger charge is -2.06. The van der Waals surface area contributed by atoms with Gasteiger partial charge in [-0.3, -0.25) is 4.79 Å². The fraction of sp³-hybridized carbons (Fsp3) is 0.900. The Hall–Kier alpha value is -0.570. The Balaban J connectivity index is 0.000000310. The zero-order valence-electron chi connectivity index (χ0n) is 8.99. The summed E-state index contributed by atoms with van der Waals surface area (Å²) in [5.74, 6) is 1.38. The van der Waals surface area contributed by atoms with E-state index in [1.807, 2.05) is 0 Å². The van der Waals surface area contributed by atoms with Gasteiger partial charge in [0.15, 0.2) is 0 Å². The third-order valence-electron chi connectivity index (χ3n) is 1.80. The molecule has 0 aromatic rings. The molecule has 1 fully saturated rings. The van der Waals surface area contributed by atoms with Crippen molar-refractivity contribution in [3.8, 4) is 0 Å². The molecule has 1 amide bonds. The topological polar surface area (TPSA) is 46.3 Å². The van der Waals surface area contributed by atoms with Crippen molar-refractivity contribution in [3.63, 3.8) is 0 Å². The van der Waals surface area contributed by atoms with Gasteiger partial charge in [0, 0.05) is 13.1 Å². The number of rotatable bonds is 2. The number of carbonyl (C=O) groups is 1. The monoisotopic (exact) mass is 186 g/mol. The van der Waals surface area contributed by atoms with E-state index in [0.717, 1.165) is 31.8 Å². The van der Waals surface area contributed by atoms with Gasteiger partial charge in [-0.05, 0) is 24.8 Å². The lowest BCUT2D eigenvalue weighted by Crippen LogP contribution is -2.21.